The summed E-state index contributed by atoms with van der Waals surface area (Å²) < 4.78 is 5.81. The molecular weight excluding hydrogens is 362 g/mol. The second-order valence-corrected chi connectivity index (χ2v) is 6.83. The molecule has 0 aliphatic heterocycles. The van der Waals surface area contributed by atoms with Crippen molar-refractivity contribution in [3.05, 3.63) is 63.4 Å². The molecule has 1 aromatic carbocycles. The average Bonchev–Trinajstić information content (AvgIpc) is 3.28. The van der Waals surface area contributed by atoms with Crippen LogP contribution in [0.15, 0.2) is 35.2 Å². The molecule has 0 bridgehead atoms. The fourth-order valence-electron chi connectivity index (χ4n) is 3.04. The summed E-state index contributed by atoms with van der Waals surface area (Å²) in [5.74, 6) is 0.214. The number of hydrogen-bond donors (Lipinski definition) is 2. The first-order valence-corrected chi connectivity index (χ1v) is 9.58. The molecular formula is C20H21N3O3S. The molecule has 0 aliphatic carbocycles. The number of anilines is 1. The maximum absolute atomic E-state index is 12.8. The number of Topliss-reactive ketones (excluding diaryl/α,β-unsaturated/α-hetero) is 1. The molecule has 27 heavy (non-hydrogen) atoms. The number of ketones is 1. The van der Waals surface area contributed by atoms with Gasteiger partial charge < -0.3 is 15.0 Å². The predicted molar refractivity (Wildman–Crippen MR) is 106 cm³/mol. The molecule has 0 radical (unpaired) electrons. The summed E-state index contributed by atoms with van der Waals surface area (Å²) in [6, 6.07) is 7.24. The maximum atomic E-state index is 12.8. The van der Waals surface area contributed by atoms with Crippen LogP contribution in [0.4, 0.5) is 5.69 Å². The standard InChI is InChI=1S/C20H21N3O3S/c1-4-15-18(13(3)24)12(2)22-19(15)20(25)23-16-7-5-6-8-17(16)26-9-14-10-27-11-21-14/h5-8,10-11,22H,4,9H2,1-3H3,(H,23,25). The number of aryl methyl sites for hydroxylation is 1. The van der Waals surface area contributed by atoms with Crippen molar-refractivity contribution in [3.8, 4) is 5.75 Å². The van der Waals surface area contributed by atoms with Gasteiger partial charge in [-0.25, -0.2) is 4.98 Å². The number of ether oxygens (including phenoxy) is 1. The summed E-state index contributed by atoms with van der Waals surface area (Å²) in [6.45, 7) is 5.57. The molecule has 1 amide bonds. The lowest BCUT2D eigenvalue weighted by molar-refractivity contribution is 0.101. The number of aromatic nitrogens is 2. The van der Waals surface area contributed by atoms with E-state index in [0.717, 1.165) is 11.3 Å². The highest BCUT2D eigenvalue weighted by Crippen LogP contribution is 2.27. The second kappa shape index (κ2) is 8.18. The minimum Gasteiger partial charge on any atom is -0.485 e. The molecule has 140 valence electrons. The van der Waals surface area contributed by atoms with Crippen LogP contribution in [0.1, 0.15) is 51.6 Å². The number of carbonyl (C=O) groups is 2. The number of para-hydroxylation sites is 2. The van der Waals surface area contributed by atoms with E-state index in [9.17, 15) is 9.59 Å². The Morgan fingerprint density at radius 2 is 2.07 bits per heavy atom. The third-order valence-corrected chi connectivity index (χ3v) is 4.85. The molecule has 3 aromatic rings. The van der Waals surface area contributed by atoms with Crippen molar-refractivity contribution in [1.82, 2.24) is 9.97 Å². The van der Waals surface area contributed by atoms with E-state index in [1.807, 2.05) is 24.4 Å². The third-order valence-electron chi connectivity index (χ3n) is 4.22. The van der Waals surface area contributed by atoms with Crippen LogP contribution in [-0.2, 0) is 13.0 Å². The highest BCUT2D eigenvalue weighted by molar-refractivity contribution is 7.07. The van der Waals surface area contributed by atoms with Gasteiger partial charge in [0.25, 0.3) is 5.91 Å². The van der Waals surface area contributed by atoms with Crippen LogP contribution in [0.5, 0.6) is 5.75 Å². The maximum Gasteiger partial charge on any atom is 0.272 e. The zero-order valence-corrected chi connectivity index (χ0v) is 16.3. The van der Waals surface area contributed by atoms with Crippen molar-refractivity contribution < 1.29 is 14.3 Å². The molecule has 2 aromatic heterocycles. The first kappa shape index (κ1) is 18.8. The molecule has 0 spiro atoms. The number of benzene rings is 1. The van der Waals surface area contributed by atoms with Gasteiger partial charge in [0.05, 0.1) is 16.9 Å². The van der Waals surface area contributed by atoms with E-state index in [1.165, 1.54) is 18.3 Å². The third kappa shape index (κ3) is 4.09. The van der Waals surface area contributed by atoms with Crippen LogP contribution in [-0.4, -0.2) is 21.7 Å². The Balaban J connectivity index is 1.83. The average molecular weight is 383 g/mol. The highest BCUT2D eigenvalue weighted by Gasteiger charge is 2.22. The molecule has 0 saturated carbocycles. The van der Waals surface area contributed by atoms with Crippen molar-refractivity contribution in [3.63, 3.8) is 0 Å². The summed E-state index contributed by atoms with van der Waals surface area (Å²) in [6.07, 6.45) is 0.587. The Kier molecular flexibility index (Phi) is 5.71. The lowest BCUT2D eigenvalue weighted by atomic mass is 10.0. The normalized spacial score (nSPS) is 10.6. The van der Waals surface area contributed by atoms with E-state index in [-0.39, 0.29) is 11.7 Å². The second-order valence-electron chi connectivity index (χ2n) is 6.11. The predicted octanol–water partition coefficient (Wildman–Crippen LogP) is 4.38. The molecule has 0 atom stereocenters. The van der Waals surface area contributed by atoms with E-state index in [4.69, 9.17) is 4.74 Å². The van der Waals surface area contributed by atoms with E-state index >= 15 is 0 Å². The Hall–Kier alpha value is -2.93. The highest BCUT2D eigenvalue weighted by atomic mass is 32.1. The van der Waals surface area contributed by atoms with Crippen LogP contribution in [0.25, 0.3) is 0 Å². The molecule has 0 unspecified atom stereocenters. The van der Waals surface area contributed by atoms with E-state index in [1.54, 1.807) is 24.6 Å². The van der Waals surface area contributed by atoms with Gasteiger partial charge >= 0.3 is 0 Å². The largest absolute Gasteiger partial charge is 0.485 e. The SMILES string of the molecule is CCc1c(C(=O)Nc2ccccc2OCc2cscn2)[nH]c(C)c1C(C)=O. The molecule has 0 aliphatic rings. The number of amides is 1. The molecule has 7 heteroatoms. The number of hydrogen-bond acceptors (Lipinski definition) is 5. The molecule has 3 rings (SSSR count). The first-order chi connectivity index (χ1) is 13.0. The monoisotopic (exact) mass is 383 g/mol. The zero-order valence-electron chi connectivity index (χ0n) is 15.5. The Bertz CT molecular complexity index is 961. The summed E-state index contributed by atoms with van der Waals surface area (Å²) >= 11 is 1.50. The quantitative estimate of drug-likeness (QED) is 0.593. The molecule has 2 heterocycles. The molecule has 2 N–H and O–H groups in total. The summed E-state index contributed by atoms with van der Waals surface area (Å²) in [7, 11) is 0. The number of rotatable bonds is 7. The number of nitrogens with one attached hydrogen (secondary N) is 2. The van der Waals surface area contributed by atoms with Crippen LogP contribution < -0.4 is 10.1 Å². The van der Waals surface area contributed by atoms with Crippen LogP contribution in [0.3, 0.4) is 0 Å². The minimum absolute atomic E-state index is 0.0494. The van der Waals surface area contributed by atoms with Crippen LogP contribution in [0.2, 0.25) is 0 Å². The summed E-state index contributed by atoms with van der Waals surface area (Å²) in [4.78, 5) is 32.0. The van der Waals surface area contributed by atoms with Crippen molar-refractivity contribution >= 4 is 28.7 Å². The van der Waals surface area contributed by atoms with Gasteiger partial charge in [-0.3, -0.25) is 9.59 Å². The van der Waals surface area contributed by atoms with Gasteiger partial charge in [-0.2, -0.15) is 0 Å². The number of H-pyrrole nitrogens is 1. The lowest BCUT2D eigenvalue weighted by Gasteiger charge is -2.12. The fourth-order valence-corrected chi connectivity index (χ4v) is 3.58. The van der Waals surface area contributed by atoms with Gasteiger partial charge in [0.2, 0.25) is 0 Å². The Labute approximate surface area is 161 Å². The van der Waals surface area contributed by atoms with Gasteiger partial charge in [0.15, 0.2) is 5.78 Å². The van der Waals surface area contributed by atoms with E-state index in [2.05, 4.69) is 15.3 Å². The first-order valence-electron chi connectivity index (χ1n) is 8.63. The topological polar surface area (TPSA) is 84.1 Å². The van der Waals surface area contributed by atoms with E-state index < -0.39 is 0 Å². The number of nitrogens with zero attached hydrogens (tertiary/aromatic N) is 1. The van der Waals surface area contributed by atoms with Gasteiger partial charge in [-0.1, -0.05) is 19.1 Å². The number of carbonyl (C=O) groups excluding carboxylic acids is 2. The van der Waals surface area contributed by atoms with Crippen molar-refractivity contribution in [2.75, 3.05) is 5.32 Å². The van der Waals surface area contributed by atoms with Gasteiger partial charge in [0, 0.05) is 16.6 Å². The Morgan fingerprint density at radius 1 is 1.30 bits per heavy atom. The van der Waals surface area contributed by atoms with Crippen molar-refractivity contribution in [1.29, 1.82) is 0 Å². The van der Waals surface area contributed by atoms with Crippen LogP contribution >= 0.6 is 11.3 Å². The summed E-state index contributed by atoms with van der Waals surface area (Å²) in [5, 5.41) is 4.80. The molecule has 0 saturated heterocycles. The molecule has 0 fully saturated rings. The zero-order chi connectivity index (χ0) is 19.4. The van der Waals surface area contributed by atoms with Gasteiger partial charge in [-0.15, -0.1) is 11.3 Å². The number of thiazole rings is 1. The van der Waals surface area contributed by atoms with E-state index in [0.29, 0.717) is 41.4 Å². The van der Waals surface area contributed by atoms with Gasteiger partial charge in [0.1, 0.15) is 18.1 Å². The van der Waals surface area contributed by atoms with Gasteiger partial charge in [-0.05, 0) is 38.0 Å². The lowest BCUT2D eigenvalue weighted by Crippen LogP contribution is -2.15. The van der Waals surface area contributed by atoms with Crippen molar-refractivity contribution in [2.24, 2.45) is 0 Å². The van der Waals surface area contributed by atoms with Crippen LogP contribution in [0, 0.1) is 6.92 Å². The smallest absolute Gasteiger partial charge is 0.272 e. The minimum atomic E-state index is -0.299. The number of aromatic amines is 1. The fraction of sp³-hybridized carbons (Fsp3) is 0.250. The Morgan fingerprint density at radius 3 is 2.74 bits per heavy atom. The van der Waals surface area contributed by atoms with Crippen molar-refractivity contribution in [2.45, 2.75) is 33.8 Å². The summed E-state index contributed by atoms with van der Waals surface area (Å²) in [5.41, 5.74) is 5.59. The molecule has 6 nitrogen and oxygen atoms in total.